The summed E-state index contributed by atoms with van der Waals surface area (Å²) in [6.45, 7) is 2.14. The van der Waals surface area contributed by atoms with Crippen LogP contribution in [0.15, 0.2) is 18.2 Å². The largest absolute Gasteiger partial charge is 0.491 e. The lowest BCUT2D eigenvalue weighted by Crippen LogP contribution is -2.30. The number of ether oxygens (including phenoxy) is 3. The minimum absolute atomic E-state index is 0.216. The Morgan fingerprint density at radius 1 is 1.14 bits per heavy atom. The van der Waals surface area contributed by atoms with Crippen LogP contribution < -0.4 is 4.74 Å². The summed E-state index contributed by atoms with van der Waals surface area (Å²) < 4.78 is 16.9. The van der Waals surface area contributed by atoms with E-state index in [9.17, 15) is 5.11 Å². The number of aliphatic hydroxyl groups excluding tert-OH is 1. The Kier molecular flexibility index (Phi) is 5.70. The molecule has 1 aromatic rings. The second kappa shape index (κ2) is 7.95. The average molecular weight is 306 g/mol. The second-order valence-electron chi connectivity index (χ2n) is 6.21. The smallest absolute Gasteiger partial charge is 0.122 e. The predicted octanol–water partition coefficient (Wildman–Crippen LogP) is 2.50. The van der Waals surface area contributed by atoms with Crippen molar-refractivity contribution in [3.05, 3.63) is 29.3 Å². The zero-order valence-corrected chi connectivity index (χ0v) is 13.1. The van der Waals surface area contributed by atoms with Crippen LogP contribution in [0.2, 0.25) is 0 Å². The second-order valence-corrected chi connectivity index (χ2v) is 6.21. The summed E-state index contributed by atoms with van der Waals surface area (Å²) in [6.07, 6.45) is 6.18. The van der Waals surface area contributed by atoms with E-state index in [1.54, 1.807) is 0 Å². The molecule has 1 fully saturated rings. The van der Waals surface area contributed by atoms with Crippen LogP contribution in [0.25, 0.3) is 0 Å². The lowest BCUT2D eigenvalue weighted by molar-refractivity contribution is -0.0659. The van der Waals surface area contributed by atoms with Gasteiger partial charge in [0, 0.05) is 13.2 Å². The lowest BCUT2D eigenvalue weighted by Gasteiger charge is -2.24. The number of hydrogen-bond donors (Lipinski definition) is 1. The molecular formula is C18H26O4. The Morgan fingerprint density at radius 3 is 2.82 bits per heavy atom. The fourth-order valence-electron chi connectivity index (χ4n) is 3.21. The third-order valence-electron chi connectivity index (χ3n) is 4.48. The van der Waals surface area contributed by atoms with Gasteiger partial charge in [0.15, 0.2) is 0 Å². The molecule has 1 saturated heterocycles. The van der Waals surface area contributed by atoms with Crippen molar-refractivity contribution in [1.29, 1.82) is 0 Å². The van der Waals surface area contributed by atoms with Gasteiger partial charge >= 0.3 is 0 Å². The normalized spacial score (nSPS) is 20.4. The van der Waals surface area contributed by atoms with E-state index >= 15 is 0 Å². The quantitative estimate of drug-likeness (QED) is 0.877. The highest BCUT2D eigenvalue weighted by Gasteiger charge is 2.17. The SMILES string of the molecule is OC(COc1cccc2c1CCCC2)COC1CCOCC1. The number of rotatable bonds is 6. The van der Waals surface area contributed by atoms with E-state index in [4.69, 9.17) is 14.2 Å². The first-order chi connectivity index (χ1) is 10.8. The number of aryl methyl sites for hydroxylation is 1. The monoisotopic (exact) mass is 306 g/mol. The number of benzene rings is 1. The Labute approximate surface area is 132 Å². The van der Waals surface area contributed by atoms with Crippen molar-refractivity contribution in [3.8, 4) is 5.75 Å². The van der Waals surface area contributed by atoms with Crippen LogP contribution in [0.1, 0.15) is 36.8 Å². The highest BCUT2D eigenvalue weighted by Crippen LogP contribution is 2.29. The number of hydrogen-bond acceptors (Lipinski definition) is 4. The summed E-state index contributed by atoms with van der Waals surface area (Å²) in [7, 11) is 0. The van der Waals surface area contributed by atoms with Crippen LogP contribution in [0.4, 0.5) is 0 Å². The van der Waals surface area contributed by atoms with Crippen LogP contribution >= 0.6 is 0 Å². The van der Waals surface area contributed by atoms with E-state index in [0.29, 0.717) is 13.2 Å². The van der Waals surface area contributed by atoms with E-state index < -0.39 is 6.10 Å². The van der Waals surface area contributed by atoms with E-state index in [-0.39, 0.29) is 6.10 Å². The molecule has 0 radical (unpaired) electrons. The van der Waals surface area contributed by atoms with Gasteiger partial charge in [-0.15, -0.1) is 0 Å². The van der Waals surface area contributed by atoms with Crippen LogP contribution in [-0.4, -0.2) is 43.7 Å². The molecule has 1 aliphatic carbocycles. The maximum Gasteiger partial charge on any atom is 0.122 e. The summed E-state index contributed by atoms with van der Waals surface area (Å²) in [5.41, 5.74) is 2.72. The average Bonchev–Trinajstić information content (AvgIpc) is 2.59. The molecule has 4 nitrogen and oxygen atoms in total. The first-order valence-corrected chi connectivity index (χ1v) is 8.44. The zero-order chi connectivity index (χ0) is 15.2. The first-order valence-electron chi connectivity index (χ1n) is 8.44. The molecule has 0 spiro atoms. The Balaban J connectivity index is 1.45. The molecule has 1 aromatic carbocycles. The summed E-state index contributed by atoms with van der Waals surface area (Å²) in [5.74, 6) is 0.933. The lowest BCUT2D eigenvalue weighted by atomic mass is 9.91. The minimum Gasteiger partial charge on any atom is -0.491 e. The highest BCUT2D eigenvalue weighted by atomic mass is 16.5. The summed E-state index contributed by atoms with van der Waals surface area (Å²) in [4.78, 5) is 0. The minimum atomic E-state index is -0.581. The zero-order valence-electron chi connectivity index (χ0n) is 13.1. The van der Waals surface area contributed by atoms with Crippen molar-refractivity contribution in [2.75, 3.05) is 26.4 Å². The molecule has 2 aliphatic rings. The molecule has 1 heterocycles. The molecule has 4 heteroatoms. The molecule has 22 heavy (non-hydrogen) atoms. The number of fused-ring (bicyclic) bond motifs is 1. The third-order valence-corrected chi connectivity index (χ3v) is 4.48. The summed E-state index contributed by atoms with van der Waals surface area (Å²) in [6, 6.07) is 6.24. The van der Waals surface area contributed by atoms with Gasteiger partial charge in [-0.2, -0.15) is 0 Å². The molecule has 0 saturated carbocycles. The van der Waals surface area contributed by atoms with Crippen LogP contribution in [0, 0.1) is 0 Å². The van der Waals surface area contributed by atoms with Gasteiger partial charge in [0.1, 0.15) is 18.5 Å². The van der Waals surface area contributed by atoms with E-state index in [1.807, 2.05) is 12.1 Å². The van der Waals surface area contributed by atoms with Gasteiger partial charge in [-0.1, -0.05) is 12.1 Å². The molecular weight excluding hydrogens is 280 g/mol. The maximum absolute atomic E-state index is 10.1. The maximum atomic E-state index is 10.1. The van der Waals surface area contributed by atoms with Gasteiger partial charge < -0.3 is 19.3 Å². The fourth-order valence-corrected chi connectivity index (χ4v) is 3.21. The van der Waals surface area contributed by atoms with Gasteiger partial charge in [0.05, 0.1) is 12.7 Å². The molecule has 122 valence electrons. The van der Waals surface area contributed by atoms with Crippen LogP contribution in [-0.2, 0) is 22.3 Å². The van der Waals surface area contributed by atoms with Crippen LogP contribution in [0.3, 0.4) is 0 Å². The molecule has 3 rings (SSSR count). The Morgan fingerprint density at radius 2 is 1.95 bits per heavy atom. The van der Waals surface area contributed by atoms with Gasteiger partial charge in [-0.3, -0.25) is 0 Å². The summed E-state index contributed by atoms with van der Waals surface area (Å²) >= 11 is 0. The highest BCUT2D eigenvalue weighted by molar-refractivity contribution is 5.41. The van der Waals surface area contributed by atoms with Gasteiger partial charge in [-0.05, 0) is 55.7 Å². The Hall–Kier alpha value is -1.10. The molecule has 0 aromatic heterocycles. The van der Waals surface area contributed by atoms with E-state index in [2.05, 4.69) is 6.07 Å². The third kappa shape index (κ3) is 4.22. The van der Waals surface area contributed by atoms with Crippen molar-refractivity contribution < 1.29 is 19.3 Å². The van der Waals surface area contributed by atoms with Crippen molar-refractivity contribution in [2.24, 2.45) is 0 Å². The van der Waals surface area contributed by atoms with Gasteiger partial charge in [0.25, 0.3) is 0 Å². The molecule has 1 aliphatic heterocycles. The molecule has 1 unspecified atom stereocenters. The molecule has 0 amide bonds. The van der Waals surface area contributed by atoms with Crippen molar-refractivity contribution in [1.82, 2.24) is 0 Å². The van der Waals surface area contributed by atoms with Gasteiger partial charge in [0.2, 0.25) is 0 Å². The first kappa shape index (κ1) is 15.8. The van der Waals surface area contributed by atoms with Crippen molar-refractivity contribution >= 4 is 0 Å². The molecule has 1 N–H and O–H groups in total. The molecule has 1 atom stereocenters. The number of aliphatic hydroxyl groups is 1. The molecule has 0 bridgehead atoms. The van der Waals surface area contributed by atoms with E-state index in [1.165, 1.54) is 24.0 Å². The summed E-state index contributed by atoms with van der Waals surface area (Å²) in [5, 5.41) is 10.1. The van der Waals surface area contributed by atoms with Crippen molar-refractivity contribution in [2.45, 2.75) is 50.7 Å². The fraction of sp³-hybridized carbons (Fsp3) is 0.667. The topological polar surface area (TPSA) is 47.9 Å². The van der Waals surface area contributed by atoms with Crippen LogP contribution in [0.5, 0.6) is 5.75 Å². The standard InChI is InChI=1S/C18H26O4/c19-15(12-21-16-8-10-20-11-9-16)13-22-18-7-3-5-14-4-1-2-6-17(14)18/h3,5,7,15-16,19H,1-2,4,6,8-13H2. The Bertz CT molecular complexity index is 468. The van der Waals surface area contributed by atoms with E-state index in [0.717, 1.165) is 44.6 Å². The van der Waals surface area contributed by atoms with Gasteiger partial charge in [-0.25, -0.2) is 0 Å². The van der Waals surface area contributed by atoms with Crippen molar-refractivity contribution in [3.63, 3.8) is 0 Å². The predicted molar refractivity (Wildman–Crippen MR) is 84.4 cm³/mol.